The maximum absolute atomic E-state index is 10.7. The Morgan fingerprint density at radius 1 is 0.429 bits per heavy atom. The zero-order chi connectivity index (χ0) is 63.1. The highest BCUT2D eigenvalue weighted by atomic mass is 35.5. The molecule has 9 aromatic carbocycles. The number of aliphatic hydroxyl groups excluding tert-OH is 2. The molecule has 4 aliphatic heterocycles. The van der Waals surface area contributed by atoms with E-state index in [1.165, 1.54) is 11.1 Å². The molecule has 4 aliphatic rings. The van der Waals surface area contributed by atoms with Crippen molar-refractivity contribution in [1.29, 1.82) is 0 Å². The molecule has 3 N–H and O–H groups in total. The lowest BCUT2D eigenvalue weighted by atomic mass is 9.98. The summed E-state index contributed by atoms with van der Waals surface area (Å²) in [6.07, 6.45) is -0.117. The number of benzene rings is 9. The summed E-state index contributed by atoms with van der Waals surface area (Å²) in [6.45, 7) is 8.98. The monoisotopic (exact) mass is 1400 g/mol. The third kappa shape index (κ3) is 19.2. The topological polar surface area (TPSA) is 81.2 Å². The number of hydrogen-bond donors (Lipinski definition) is 3. The van der Waals surface area contributed by atoms with Crippen LogP contribution in [0, 0.1) is 0 Å². The van der Waals surface area contributed by atoms with Gasteiger partial charge in [-0.1, -0.05) is 239 Å². The second-order valence-electron chi connectivity index (χ2n) is 22.3. The van der Waals surface area contributed by atoms with Gasteiger partial charge >= 0.3 is 0 Å². The van der Waals surface area contributed by atoms with E-state index in [4.69, 9.17) is 109 Å². The highest BCUT2D eigenvalue weighted by molar-refractivity contribution is 6.37. The van der Waals surface area contributed by atoms with Gasteiger partial charge in [0.25, 0.3) is 0 Å². The van der Waals surface area contributed by atoms with Crippen LogP contribution in [0.4, 0.5) is 17.1 Å². The molecule has 0 aliphatic carbocycles. The van der Waals surface area contributed by atoms with Crippen molar-refractivity contribution >= 4 is 121 Å². The zero-order valence-electron chi connectivity index (χ0n) is 49.2. The second-order valence-corrected chi connectivity index (χ2v) is 26.1. The zero-order valence-corrected chi connectivity index (χ0v) is 56.0. The van der Waals surface area contributed by atoms with Crippen molar-refractivity contribution < 1.29 is 14.9 Å². The van der Waals surface area contributed by atoms with E-state index >= 15 is 0 Å². The van der Waals surface area contributed by atoms with E-state index in [2.05, 4.69) is 90.5 Å². The lowest BCUT2D eigenvalue weighted by molar-refractivity contribution is 0.100. The molecule has 6 atom stereocenters. The SMILES string of the molecule is C.Clc1ccc([C@@H]2CNCCN2c2ccc(Cl)cc2Cl)cc1.OC(CN1CCN(c2ccc(Cl)cc2Cl)[C@H](c2ccc(Cl)cc2)C1)c1ccccc1.OC[C@@H](c1ccccc1)N1CCN(c2ccc(Cl)cc2Cl)[C@H](c2ccc(Cl)cc2)C1.c1ccc([C@H]2CO2)cc1. The Bertz CT molecular complexity index is 3690. The van der Waals surface area contributed by atoms with E-state index in [1.807, 2.05) is 140 Å². The van der Waals surface area contributed by atoms with Gasteiger partial charge in [0.05, 0.1) is 75.6 Å². The molecule has 9 nitrogen and oxygen atoms in total. The lowest BCUT2D eigenvalue weighted by Gasteiger charge is -2.46. The van der Waals surface area contributed by atoms with Crippen LogP contribution in [0.15, 0.2) is 218 Å². The number of anilines is 3. The molecule has 4 heterocycles. The van der Waals surface area contributed by atoms with Crippen LogP contribution in [-0.4, -0.2) is 98.7 Å². The normalized spacial score (nSPS) is 18.8. The average Bonchev–Trinajstić information content (AvgIpc) is 1.39. The highest BCUT2D eigenvalue weighted by Gasteiger charge is 2.35. The van der Waals surface area contributed by atoms with Crippen LogP contribution in [-0.2, 0) is 4.74 Å². The van der Waals surface area contributed by atoms with Gasteiger partial charge < -0.3 is 35.0 Å². The van der Waals surface area contributed by atoms with E-state index in [9.17, 15) is 10.2 Å². The first kappa shape index (κ1) is 70.1. The summed E-state index contributed by atoms with van der Waals surface area (Å²) in [4.78, 5) is 11.6. The van der Waals surface area contributed by atoms with Crippen molar-refractivity contribution in [3.05, 3.63) is 297 Å². The van der Waals surface area contributed by atoms with Crippen molar-refractivity contribution in [2.45, 2.75) is 43.8 Å². The minimum Gasteiger partial charge on any atom is -0.394 e. The molecule has 0 spiro atoms. The van der Waals surface area contributed by atoms with Crippen molar-refractivity contribution in [2.75, 3.05) is 93.4 Å². The standard InChI is InChI=1S/2C24H23Cl3N2O.C16H15Cl3N2.C8H8O.CH4/c25-19-8-6-17(7-9-19)23-15-28(16-24(30)18-4-2-1-3-5-18)12-13-29(23)22-11-10-20(26)14-21(22)27;25-19-8-6-18(7-9-19)23-15-28(24(16-30)17-4-2-1-3-5-17)12-13-29(23)22-11-10-20(26)14-21(22)27;17-12-3-1-11(2-4-12)16-10-20-7-8-21(16)15-6-5-13(18)9-14(15)19;1-2-4-7(5-3-1)8-6-9-8;/h2*1-11,14,23-24,30H,12-13,15-16H2;1-6,9,16,20H,7-8,10H2;1-5,8H,6H2;1H4/t23-,24?;23-,24-;16-;8-;/m0001./s1. The number of epoxide rings is 1. The molecular formula is C73H73Cl9N6O3. The van der Waals surface area contributed by atoms with Crippen molar-refractivity contribution in [1.82, 2.24) is 15.1 Å². The van der Waals surface area contributed by atoms with E-state index in [-0.39, 0.29) is 38.2 Å². The van der Waals surface area contributed by atoms with E-state index in [0.29, 0.717) is 52.8 Å². The van der Waals surface area contributed by atoms with Crippen molar-refractivity contribution in [2.24, 2.45) is 0 Å². The van der Waals surface area contributed by atoms with E-state index in [0.717, 1.165) is 110 Å². The fourth-order valence-corrected chi connectivity index (χ4v) is 13.7. The van der Waals surface area contributed by atoms with Crippen LogP contribution in [0.3, 0.4) is 0 Å². The van der Waals surface area contributed by atoms with Crippen LogP contribution in [0.25, 0.3) is 0 Å². The summed E-state index contributed by atoms with van der Waals surface area (Å²) in [5.74, 6) is 0. The molecule has 4 fully saturated rings. The molecule has 18 heteroatoms. The van der Waals surface area contributed by atoms with Gasteiger partial charge in [-0.25, -0.2) is 0 Å². The van der Waals surface area contributed by atoms with E-state index in [1.54, 1.807) is 18.2 Å². The van der Waals surface area contributed by atoms with Gasteiger partial charge in [0.1, 0.15) is 6.10 Å². The predicted octanol–water partition coefficient (Wildman–Crippen LogP) is 19.7. The van der Waals surface area contributed by atoms with Crippen LogP contribution < -0.4 is 20.0 Å². The minimum atomic E-state index is -0.525. The van der Waals surface area contributed by atoms with Crippen LogP contribution in [0.2, 0.25) is 45.2 Å². The van der Waals surface area contributed by atoms with Gasteiger partial charge in [-0.3, -0.25) is 9.80 Å². The highest BCUT2D eigenvalue weighted by Crippen LogP contribution is 2.41. The third-order valence-electron chi connectivity index (χ3n) is 16.5. The number of halogens is 9. The average molecular weight is 1400 g/mol. The number of nitrogens with zero attached hydrogens (tertiary/aromatic N) is 5. The van der Waals surface area contributed by atoms with Gasteiger partial charge in [-0.05, 0) is 124 Å². The molecule has 0 amide bonds. The molecule has 0 bridgehead atoms. The number of ether oxygens (including phenoxy) is 1. The third-order valence-corrected chi connectivity index (χ3v) is 18.8. The first-order valence-electron chi connectivity index (χ1n) is 29.8. The summed E-state index contributed by atoms with van der Waals surface area (Å²) in [5, 5.41) is 30.3. The minimum absolute atomic E-state index is 0. The Morgan fingerprint density at radius 3 is 1.26 bits per heavy atom. The molecule has 0 aromatic heterocycles. The second kappa shape index (κ2) is 34.2. The molecule has 13 rings (SSSR count). The Labute approximate surface area is 581 Å². The first-order chi connectivity index (χ1) is 43.7. The first-order valence-corrected chi connectivity index (χ1v) is 33.2. The quantitative estimate of drug-likeness (QED) is 0.0978. The Balaban J connectivity index is 0.000000152. The summed E-state index contributed by atoms with van der Waals surface area (Å²) in [6, 6.07) is 71.3. The largest absolute Gasteiger partial charge is 0.394 e. The van der Waals surface area contributed by atoms with Crippen LogP contribution in [0.1, 0.15) is 77.2 Å². The lowest BCUT2D eigenvalue weighted by Crippen LogP contribution is -2.50. The molecule has 9 aromatic rings. The van der Waals surface area contributed by atoms with Gasteiger partial charge in [-0.15, -0.1) is 0 Å². The molecule has 476 valence electrons. The molecule has 1 unspecified atom stereocenters. The summed E-state index contributed by atoms with van der Waals surface area (Å²) >= 11 is 55.9. The van der Waals surface area contributed by atoms with Crippen molar-refractivity contribution in [3.8, 4) is 0 Å². The van der Waals surface area contributed by atoms with Gasteiger partial charge in [0.15, 0.2) is 0 Å². The summed E-state index contributed by atoms with van der Waals surface area (Å²) in [5.41, 5.74) is 9.82. The smallest absolute Gasteiger partial charge is 0.106 e. The number of rotatable bonds is 13. The van der Waals surface area contributed by atoms with Gasteiger partial charge in [0.2, 0.25) is 0 Å². The van der Waals surface area contributed by atoms with E-state index < -0.39 is 6.10 Å². The number of β-amino-alcohol motifs (C(OH)–C–C–N with tert-alkyl or cyclic N) is 1. The predicted molar refractivity (Wildman–Crippen MR) is 384 cm³/mol. The van der Waals surface area contributed by atoms with Gasteiger partial charge in [0, 0.05) is 95.6 Å². The Hall–Kier alpha value is -5.25. The number of nitrogens with one attached hydrogen (secondary N) is 1. The fourth-order valence-electron chi connectivity index (χ4n) is 11.8. The molecule has 0 saturated carbocycles. The number of piperazine rings is 3. The summed E-state index contributed by atoms with van der Waals surface area (Å²) < 4.78 is 5.09. The van der Waals surface area contributed by atoms with Gasteiger partial charge in [-0.2, -0.15) is 0 Å². The Morgan fingerprint density at radius 2 is 0.824 bits per heavy atom. The number of hydrogen-bond acceptors (Lipinski definition) is 9. The molecule has 91 heavy (non-hydrogen) atoms. The maximum Gasteiger partial charge on any atom is 0.106 e. The van der Waals surface area contributed by atoms with Crippen LogP contribution >= 0.6 is 104 Å². The Kier molecular flexibility index (Phi) is 26.4. The fraction of sp³-hybridized carbons (Fsp3) is 0.260. The molecule has 4 saturated heterocycles. The number of aliphatic hydroxyl groups is 2. The van der Waals surface area contributed by atoms with Crippen LogP contribution in [0.5, 0.6) is 0 Å². The van der Waals surface area contributed by atoms with Crippen molar-refractivity contribution in [3.63, 3.8) is 0 Å². The summed E-state index contributed by atoms with van der Waals surface area (Å²) in [7, 11) is 0. The maximum atomic E-state index is 10.7. The molecule has 0 radical (unpaired) electrons. The molecular weight excluding hydrogens is 1330 g/mol.